The number of amides is 1. The van der Waals surface area contributed by atoms with Crippen LogP contribution < -0.4 is 10.0 Å². The summed E-state index contributed by atoms with van der Waals surface area (Å²) in [5, 5.41) is 3.00. The van der Waals surface area contributed by atoms with E-state index in [2.05, 4.69) is 10.0 Å². The summed E-state index contributed by atoms with van der Waals surface area (Å²) in [7, 11) is -3.69. The summed E-state index contributed by atoms with van der Waals surface area (Å²) in [5.41, 5.74) is 1.99. The number of benzene rings is 2. The van der Waals surface area contributed by atoms with Crippen LogP contribution in [-0.4, -0.2) is 20.4 Å². The van der Waals surface area contributed by atoms with Crippen LogP contribution in [0.3, 0.4) is 0 Å². The highest BCUT2D eigenvalue weighted by Crippen LogP contribution is 2.21. The van der Waals surface area contributed by atoms with Gasteiger partial charge in [0.2, 0.25) is 0 Å². The van der Waals surface area contributed by atoms with Gasteiger partial charge in [0.05, 0.1) is 10.6 Å². The minimum Gasteiger partial charge on any atom is -0.349 e. The van der Waals surface area contributed by atoms with Gasteiger partial charge >= 0.3 is 0 Å². The molecule has 0 aromatic heterocycles. The van der Waals surface area contributed by atoms with Crippen molar-refractivity contribution in [2.75, 3.05) is 4.72 Å². The molecule has 1 aliphatic carbocycles. The lowest BCUT2D eigenvalue weighted by Gasteiger charge is -2.13. The average molecular weight is 372 g/mol. The first kappa shape index (κ1) is 18.5. The second kappa shape index (κ2) is 7.91. The van der Waals surface area contributed by atoms with Crippen LogP contribution in [0.1, 0.15) is 48.5 Å². The fraction of sp³-hybridized carbons (Fsp3) is 0.350. The number of para-hydroxylation sites is 1. The van der Waals surface area contributed by atoms with Gasteiger partial charge in [0.1, 0.15) is 0 Å². The Morgan fingerprint density at radius 2 is 1.69 bits per heavy atom. The van der Waals surface area contributed by atoms with Crippen LogP contribution in [-0.2, 0) is 16.4 Å². The van der Waals surface area contributed by atoms with Crippen LogP contribution in [0.2, 0.25) is 0 Å². The number of hydrogen-bond acceptors (Lipinski definition) is 3. The maximum atomic E-state index is 12.6. The van der Waals surface area contributed by atoms with Crippen LogP contribution in [0.25, 0.3) is 0 Å². The molecule has 0 spiro atoms. The average Bonchev–Trinajstić information content (AvgIpc) is 3.15. The van der Waals surface area contributed by atoms with Gasteiger partial charge in [-0.25, -0.2) is 8.42 Å². The monoisotopic (exact) mass is 372 g/mol. The van der Waals surface area contributed by atoms with E-state index in [0.29, 0.717) is 11.3 Å². The van der Waals surface area contributed by atoms with E-state index in [1.54, 1.807) is 24.3 Å². The van der Waals surface area contributed by atoms with Crippen molar-refractivity contribution in [2.45, 2.75) is 50.0 Å². The predicted molar refractivity (Wildman–Crippen MR) is 103 cm³/mol. The largest absolute Gasteiger partial charge is 0.349 e. The second-order valence-electron chi connectivity index (χ2n) is 6.60. The van der Waals surface area contributed by atoms with E-state index in [-0.39, 0.29) is 16.8 Å². The molecule has 0 saturated heterocycles. The van der Waals surface area contributed by atoms with Crippen molar-refractivity contribution < 1.29 is 13.2 Å². The van der Waals surface area contributed by atoms with E-state index in [9.17, 15) is 13.2 Å². The number of carbonyl (C=O) groups excluding carboxylic acids is 1. The zero-order valence-electron chi connectivity index (χ0n) is 14.9. The van der Waals surface area contributed by atoms with E-state index in [0.717, 1.165) is 37.7 Å². The minimum atomic E-state index is -3.69. The van der Waals surface area contributed by atoms with Crippen molar-refractivity contribution in [3.05, 3.63) is 59.7 Å². The summed E-state index contributed by atoms with van der Waals surface area (Å²) >= 11 is 0. The van der Waals surface area contributed by atoms with E-state index in [4.69, 9.17) is 0 Å². The Morgan fingerprint density at radius 1 is 1.04 bits per heavy atom. The van der Waals surface area contributed by atoms with Gasteiger partial charge in [-0.1, -0.05) is 38.0 Å². The summed E-state index contributed by atoms with van der Waals surface area (Å²) < 4.78 is 27.9. The Kier molecular flexibility index (Phi) is 5.61. The number of rotatable bonds is 6. The molecule has 0 atom stereocenters. The van der Waals surface area contributed by atoms with E-state index in [1.165, 1.54) is 12.1 Å². The molecule has 5 nitrogen and oxygen atoms in total. The second-order valence-corrected chi connectivity index (χ2v) is 8.28. The number of anilines is 1. The molecule has 138 valence electrons. The number of aryl methyl sites for hydroxylation is 1. The molecule has 0 radical (unpaired) electrons. The fourth-order valence-electron chi connectivity index (χ4n) is 3.26. The Morgan fingerprint density at radius 3 is 2.35 bits per heavy atom. The highest BCUT2D eigenvalue weighted by Gasteiger charge is 2.19. The molecule has 0 aliphatic heterocycles. The Balaban J connectivity index is 1.73. The summed E-state index contributed by atoms with van der Waals surface area (Å²) in [6, 6.07) is 13.6. The Labute approximate surface area is 154 Å². The molecular weight excluding hydrogens is 348 g/mol. The lowest BCUT2D eigenvalue weighted by atomic mass is 10.1. The third-order valence-corrected chi connectivity index (χ3v) is 6.14. The summed E-state index contributed by atoms with van der Waals surface area (Å²) in [4.78, 5) is 12.4. The summed E-state index contributed by atoms with van der Waals surface area (Å²) in [6.07, 6.45) is 5.05. The van der Waals surface area contributed by atoms with Crippen molar-refractivity contribution in [2.24, 2.45) is 0 Å². The molecule has 0 bridgehead atoms. The molecule has 6 heteroatoms. The molecule has 2 aromatic carbocycles. The molecule has 1 amide bonds. The van der Waals surface area contributed by atoms with Gasteiger partial charge < -0.3 is 5.32 Å². The highest BCUT2D eigenvalue weighted by molar-refractivity contribution is 7.92. The van der Waals surface area contributed by atoms with Crippen LogP contribution >= 0.6 is 0 Å². The zero-order chi connectivity index (χ0) is 18.6. The Bertz CT molecular complexity index is 870. The molecule has 3 rings (SSSR count). The van der Waals surface area contributed by atoms with Crippen LogP contribution in [0.4, 0.5) is 5.69 Å². The minimum absolute atomic E-state index is 0.140. The van der Waals surface area contributed by atoms with Gasteiger partial charge in [-0.2, -0.15) is 0 Å². The number of carbonyl (C=O) groups is 1. The number of sulfonamides is 1. The molecular formula is C20H24N2O3S. The van der Waals surface area contributed by atoms with Crippen LogP contribution in [0.5, 0.6) is 0 Å². The predicted octanol–water partition coefficient (Wildman–Crippen LogP) is 3.72. The van der Waals surface area contributed by atoms with Gasteiger partial charge in [-0.3, -0.25) is 9.52 Å². The fourth-order valence-corrected chi connectivity index (χ4v) is 4.36. The van der Waals surface area contributed by atoms with Gasteiger partial charge in [-0.15, -0.1) is 0 Å². The van der Waals surface area contributed by atoms with Crippen molar-refractivity contribution >= 4 is 21.6 Å². The molecule has 2 N–H and O–H groups in total. The van der Waals surface area contributed by atoms with E-state index >= 15 is 0 Å². The van der Waals surface area contributed by atoms with Gasteiger partial charge in [0, 0.05) is 11.6 Å². The maximum Gasteiger partial charge on any atom is 0.261 e. The zero-order valence-corrected chi connectivity index (χ0v) is 15.7. The van der Waals surface area contributed by atoms with E-state index in [1.807, 2.05) is 19.1 Å². The number of nitrogens with one attached hydrogen (secondary N) is 2. The topological polar surface area (TPSA) is 75.3 Å². The normalized spacial score (nSPS) is 15.0. The molecule has 0 heterocycles. The van der Waals surface area contributed by atoms with Crippen molar-refractivity contribution in [1.29, 1.82) is 0 Å². The van der Waals surface area contributed by atoms with E-state index < -0.39 is 10.0 Å². The standard InChI is InChI=1S/C20H24N2O3S/c1-2-15-7-3-6-10-19(15)22-26(24,25)18-13-11-16(12-14-18)20(23)21-17-8-4-5-9-17/h3,6-7,10-14,17,22H,2,4-5,8-9H2,1H3,(H,21,23). The van der Waals surface area contributed by atoms with Crippen LogP contribution in [0, 0.1) is 0 Å². The number of hydrogen-bond donors (Lipinski definition) is 2. The van der Waals surface area contributed by atoms with Gasteiger partial charge in [-0.05, 0) is 55.2 Å². The molecule has 2 aromatic rings. The first-order chi connectivity index (χ1) is 12.5. The third-order valence-electron chi connectivity index (χ3n) is 4.76. The molecule has 26 heavy (non-hydrogen) atoms. The van der Waals surface area contributed by atoms with Gasteiger partial charge in [0.25, 0.3) is 15.9 Å². The van der Waals surface area contributed by atoms with Crippen molar-refractivity contribution in [3.8, 4) is 0 Å². The maximum absolute atomic E-state index is 12.6. The molecule has 0 unspecified atom stereocenters. The molecule has 1 fully saturated rings. The first-order valence-corrected chi connectivity index (χ1v) is 10.5. The first-order valence-electron chi connectivity index (χ1n) is 9.01. The summed E-state index contributed by atoms with van der Waals surface area (Å²) in [5.74, 6) is -0.148. The third kappa shape index (κ3) is 4.25. The highest BCUT2D eigenvalue weighted by atomic mass is 32.2. The van der Waals surface area contributed by atoms with Crippen LogP contribution in [0.15, 0.2) is 53.4 Å². The Hall–Kier alpha value is -2.34. The lowest BCUT2D eigenvalue weighted by molar-refractivity contribution is 0.0938. The van der Waals surface area contributed by atoms with Gasteiger partial charge in [0.15, 0.2) is 0 Å². The van der Waals surface area contributed by atoms with Crippen molar-refractivity contribution in [3.63, 3.8) is 0 Å². The summed E-state index contributed by atoms with van der Waals surface area (Å²) in [6.45, 7) is 1.98. The molecule has 1 saturated carbocycles. The quantitative estimate of drug-likeness (QED) is 0.811. The van der Waals surface area contributed by atoms with Crippen molar-refractivity contribution in [1.82, 2.24) is 5.32 Å². The smallest absolute Gasteiger partial charge is 0.261 e. The molecule has 1 aliphatic rings. The SMILES string of the molecule is CCc1ccccc1NS(=O)(=O)c1ccc(C(=O)NC2CCCC2)cc1. The lowest BCUT2D eigenvalue weighted by Crippen LogP contribution is -2.32.